The van der Waals surface area contributed by atoms with E-state index in [1.807, 2.05) is 30.3 Å². The molecule has 0 saturated heterocycles. The Balaban J connectivity index is 1.53. The smallest absolute Gasteiger partial charge is 0.264 e. The first-order chi connectivity index (χ1) is 14.6. The van der Waals surface area contributed by atoms with Crippen LogP contribution in [0.25, 0.3) is 22.0 Å². The van der Waals surface area contributed by atoms with E-state index in [0.29, 0.717) is 27.1 Å². The molecule has 4 aromatic rings. The van der Waals surface area contributed by atoms with Crippen LogP contribution in [0.2, 0.25) is 0 Å². The lowest BCUT2D eigenvalue weighted by atomic mass is 10.1. The largest absolute Gasteiger partial charge is 0.467 e. The fraction of sp³-hybridized carbons (Fsp3) is 0.136. The molecule has 0 saturated carbocycles. The zero-order valence-corrected chi connectivity index (χ0v) is 16.9. The van der Waals surface area contributed by atoms with E-state index in [0.717, 1.165) is 5.56 Å². The van der Waals surface area contributed by atoms with Gasteiger partial charge in [0.15, 0.2) is 10.8 Å². The van der Waals surface area contributed by atoms with E-state index in [9.17, 15) is 9.59 Å². The van der Waals surface area contributed by atoms with E-state index in [1.165, 1.54) is 17.6 Å². The summed E-state index contributed by atoms with van der Waals surface area (Å²) in [6.07, 6.45) is 3.10. The minimum absolute atomic E-state index is 0.254. The summed E-state index contributed by atoms with van der Waals surface area (Å²) in [6, 6.07) is 15.8. The quantitative estimate of drug-likeness (QED) is 0.468. The van der Waals surface area contributed by atoms with Crippen LogP contribution in [0.3, 0.4) is 0 Å². The first-order valence-corrected chi connectivity index (χ1v) is 10.1. The zero-order valence-electron chi connectivity index (χ0n) is 16.1. The van der Waals surface area contributed by atoms with Gasteiger partial charge < -0.3 is 19.5 Å². The maximum atomic E-state index is 13.0. The summed E-state index contributed by atoms with van der Waals surface area (Å²) in [4.78, 5) is 30.4. The van der Waals surface area contributed by atoms with Gasteiger partial charge in [0.05, 0.1) is 24.8 Å². The molecule has 4 rings (SSSR count). The summed E-state index contributed by atoms with van der Waals surface area (Å²) < 4.78 is 10.6. The van der Waals surface area contributed by atoms with E-state index in [-0.39, 0.29) is 18.4 Å². The van der Waals surface area contributed by atoms with Crippen molar-refractivity contribution in [1.29, 1.82) is 0 Å². The summed E-state index contributed by atoms with van der Waals surface area (Å²) in [5, 5.41) is 6.09. The van der Waals surface area contributed by atoms with Crippen molar-refractivity contribution in [2.45, 2.75) is 19.5 Å². The molecule has 0 aliphatic rings. The van der Waals surface area contributed by atoms with E-state index in [1.54, 1.807) is 37.5 Å². The molecular formula is C22H19N3O4S. The number of hydrogen-bond donors (Lipinski definition) is 2. The minimum Gasteiger partial charge on any atom is -0.467 e. The number of aromatic nitrogens is 1. The van der Waals surface area contributed by atoms with Gasteiger partial charge in [-0.1, -0.05) is 30.3 Å². The second kappa shape index (κ2) is 8.79. The van der Waals surface area contributed by atoms with Crippen molar-refractivity contribution >= 4 is 23.2 Å². The molecule has 2 N–H and O–H groups in total. The van der Waals surface area contributed by atoms with Crippen LogP contribution in [0.5, 0.6) is 0 Å². The predicted octanol–water partition coefficient (Wildman–Crippen LogP) is 4.10. The molecule has 7 nitrogen and oxygen atoms in total. The Morgan fingerprint density at radius 3 is 2.50 bits per heavy atom. The van der Waals surface area contributed by atoms with E-state index in [4.69, 9.17) is 8.83 Å². The minimum atomic E-state index is -0.731. The van der Waals surface area contributed by atoms with Crippen molar-refractivity contribution in [3.63, 3.8) is 0 Å². The maximum absolute atomic E-state index is 13.0. The van der Waals surface area contributed by atoms with Gasteiger partial charge in [-0.05, 0) is 31.2 Å². The second-order valence-corrected chi connectivity index (χ2v) is 7.53. The van der Waals surface area contributed by atoms with Gasteiger partial charge in [0.2, 0.25) is 5.91 Å². The number of thiazole rings is 1. The highest BCUT2D eigenvalue weighted by Crippen LogP contribution is 2.34. The standard InChI is InChI=1S/C22H19N3O4S/c1-14(20(26)23-13-16-9-5-11-28-16)24-21(27)19-18(15-7-3-2-4-8-15)25-22(30-19)17-10-6-12-29-17/h2-12,14H,13H2,1H3,(H,23,26)(H,24,27). The first-order valence-electron chi connectivity index (χ1n) is 9.33. The van der Waals surface area contributed by atoms with Gasteiger partial charge in [-0.3, -0.25) is 9.59 Å². The van der Waals surface area contributed by atoms with Crippen LogP contribution in [0.15, 0.2) is 76.0 Å². The van der Waals surface area contributed by atoms with Crippen LogP contribution < -0.4 is 10.6 Å². The molecule has 2 amide bonds. The Kier molecular flexibility index (Phi) is 5.76. The lowest BCUT2D eigenvalue weighted by Gasteiger charge is -2.13. The third-order valence-electron chi connectivity index (χ3n) is 4.37. The molecule has 1 aromatic carbocycles. The Morgan fingerprint density at radius 1 is 1.03 bits per heavy atom. The lowest BCUT2D eigenvalue weighted by Crippen LogP contribution is -2.44. The maximum Gasteiger partial charge on any atom is 0.264 e. The van der Waals surface area contributed by atoms with Crippen molar-refractivity contribution in [3.05, 3.63) is 77.8 Å². The molecule has 30 heavy (non-hydrogen) atoms. The lowest BCUT2D eigenvalue weighted by molar-refractivity contribution is -0.122. The summed E-state index contributed by atoms with van der Waals surface area (Å²) >= 11 is 1.22. The number of furan rings is 2. The fourth-order valence-corrected chi connectivity index (χ4v) is 3.80. The van der Waals surface area contributed by atoms with Gasteiger partial charge in [-0.25, -0.2) is 4.98 Å². The van der Waals surface area contributed by atoms with Crippen LogP contribution in [0.4, 0.5) is 0 Å². The number of carbonyl (C=O) groups excluding carboxylic acids is 2. The number of rotatable bonds is 7. The Morgan fingerprint density at radius 2 is 1.80 bits per heavy atom. The van der Waals surface area contributed by atoms with Crippen molar-refractivity contribution in [3.8, 4) is 22.0 Å². The molecule has 8 heteroatoms. The summed E-state index contributed by atoms with van der Waals surface area (Å²) in [6.45, 7) is 1.89. The van der Waals surface area contributed by atoms with Crippen molar-refractivity contribution in [2.24, 2.45) is 0 Å². The zero-order chi connectivity index (χ0) is 20.9. The average Bonchev–Trinajstić information content (AvgIpc) is 3.53. The van der Waals surface area contributed by atoms with Gasteiger partial charge in [0, 0.05) is 5.56 Å². The Hall–Kier alpha value is -3.65. The second-order valence-electron chi connectivity index (χ2n) is 6.53. The molecule has 152 valence electrons. The van der Waals surface area contributed by atoms with Crippen LogP contribution in [0, 0.1) is 0 Å². The van der Waals surface area contributed by atoms with Crippen molar-refractivity contribution in [2.75, 3.05) is 0 Å². The molecule has 0 fully saturated rings. The van der Waals surface area contributed by atoms with Gasteiger partial charge in [-0.15, -0.1) is 11.3 Å². The predicted molar refractivity (Wildman–Crippen MR) is 113 cm³/mol. The Bertz CT molecular complexity index is 1120. The number of carbonyl (C=O) groups is 2. The molecule has 3 aromatic heterocycles. The van der Waals surface area contributed by atoms with Crippen molar-refractivity contribution < 1.29 is 18.4 Å². The highest BCUT2D eigenvalue weighted by atomic mass is 32.1. The van der Waals surface area contributed by atoms with E-state index in [2.05, 4.69) is 15.6 Å². The SMILES string of the molecule is CC(NC(=O)c1sc(-c2ccco2)nc1-c1ccccc1)C(=O)NCc1ccco1. The number of nitrogens with zero attached hydrogens (tertiary/aromatic N) is 1. The monoisotopic (exact) mass is 421 g/mol. The van der Waals surface area contributed by atoms with Gasteiger partial charge in [0.25, 0.3) is 5.91 Å². The Labute approximate surface area is 176 Å². The molecule has 0 aliphatic carbocycles. The van der Waals surface area contributed by atoms with E-state index >= 15 is 0 Å². The molecule has 0 spiro atoms. The number of nitrogens with one attached hydrogen (secondary N) is 2. The molecule has 1 atom stereocenters. The highest BCUT2D eigenvalue weighted by Gasteiger charge is 2.24. The first kappa shape index (κ1) is 19.7. The van der Waals surface area contributed by atoms with Crippen LogP contribution in [0.1, 0.15) is 22.4 Å². The van der Waals surface area contributed by atoms with Gasteiger partial charge >= 0.3 is 0 Å². The number of amides is 2. The number of benzene rings is 1. The molecule has 3 heterocycles. The summed E-state index contributed by atoms with van der Waals surface area (Å²) in [5.74, 6) is 0.542. The topological polar surface area (TPSA) is 97.4 Å². The summed E-state index contributed by atoms with van der Waals surface area (Å²) in [5.41, 5.74) is 1.36. The third kappa shape index (κ3) is 4.33. The molecule has 0 bridgehead atoms. The molecular weight excluding hydrogens is 402 g/mol. The normalized spacial score (nSPS) is 11.8. The van der Waals surface area contributed by atoms with Crippen LogP contribution in [-0.4, -0.2) is 22.8 Å². The fourth-order valence-electron chi connectivity index (χ4n) is 2.84. The highest BCUT2D eigenvalue weighted by molar-refractivity contribution is 7.17. The summed E-state index contributed by atoms with van der Waals surface area (Å²) in [7, 11) is 0. The van der Waals surface area contributed by atoms with Crippen LogP contribution in [-0.2, 0) is 11.3 Å². The molecule has 0 aliphatic heterocycles. The average molecular weight is 421 g/mol. The third-order valence-corrected chi connectivity index (χ3v) is 5.44. The van der Waals surface area contributed by atoms with E-state index < -0.39 is 6.04 Å². The van der Waals surface area contributed by atoms with Gasteiger partial charge in [0.1, 0.15) is 16.7 Å². The van der Waals surface area contributed by atoms with Crippen LogP contribution >= 0.6 is 11.3 Å². The number of hydrogen-bond acceptors (Lipinski definition) is 6. The van der Waals surface area contributed by atoms with Gasteiger partial charge in [-0.2, -0.15) is 0 Å². The molecule has 1 unspecified atom stereocenters. The molecule has 0 radical (unpaired) electrons. The van der Waals surface area contributed by atoms with Crippen molar-refractivity contribution in [1.82, 2.24) is 15.6 Å².